The molecular formula is C11H17ClN4. The van der Waals surface area contributed by atoms with E-state index in [1.807, 2.05) is 12.1 Å². The van der Waals surface area contributed by atoms with E-state index < -0.39 is 0 Å². The van der Waals surface area contributed by atoms with Crippen LogP contribution in [0.25, 0.3) is 0 Å². The van der Waals surface area contributed by atoms with E-state index in [1.54, 1.807) is 0 Å². The Morgan fingerprint density at radius 3 is 2.62 bits per heavy atom. The molecule has 0 bridgehead atoms. The molecule has 0 amide bonds. The molecule has 1 aliphatic rings. The first-order valence-electron chi connectivity index (χ1n) is 5.49. The molecule has 1 aromatic heterocycles. The molecule has 2 rings (SSSR count). The van der Waals surface area contributed by atoms with Crippen molar-refractivity contribution < 1.29 is 0 Å². The summed E-state index contributed by atoms with van der Waals surface area (Å²) in [6.07, 6.45) is 0. The summed E-state index contributed by atoms with van der Waals surface area (Å²) in [4.78, 5) is 9.08. The molecule has 1 saturated heterocycles. The molecule has 4 nitrogen and oxygen atoms in total. The van der Waals surface area contributed by atoms with E-state index >= 15 is 0 Å². The number of hydrogen-bond donors (Lipinski definition) is 1. The van der Waals surface area contributed by atoms with Gasteiger partial charge in [-0.15, -0.1) is 0 Å². The molecule has 88 valence electrons. The second-order valence-corrected chi connectivity index (χ2v) is 4.50. The maximum absolute atomic E-state index is 5.99. The first-order valence-corrected chi connectivity index (χ1v) is 5.87. The zero-order chi connectivity index (χ0) is 11.5. The van der Waals surface area contributed by atoms with Crippen LogP contribution in [0.4, 0.5) is 5.82 Å². The zero-order valence-electron chi connectivity index (χ0n) is 9.49. The van der Waals surface area contributed by atoms with Gasteiger partial charge in [0.25, 0.3) is 0 Å². The molecule has 2 heterocycles. The molecule has 0 unspecified atom stereocenters. The van der Waals surface area contributed by atoms with Crippen molar-refractivity contribution >= 4 is 17.4 Å². The minimum absolute atomic E-state index is 0.389. The van der Waals surface area contributed by atoms with E-state index in [-0.39, 0.29) is 0 Å². The Morgan fingerprint density at radius 2 is 2.00 bits per heavy atom. The maximum atomic E-state index is 5.99. The zero-order valence-corrected chi connectivity index (χ0v) is 10.2. The maximum Gasteiger partial charge on any atom is 0.129 e. The smallest absolute Gasteiger partial charge is 0.129 e. The lowest BCUT2D eigenvalue weighted by Gasteiger charge is -2.33. The van der Waals surface area contributed by atoms with Gasteiger partial charge in [-0.3, -0.25) is 0 Å². The second-order valence-electron chi connectivity index (χ2n) is 4.09. The van der Waals surface area contributed by atoms with Crippen molar-refractivity contribution in [2.75, 3.05) is 38.1 Å². The van der Waals surface area contributed by atoms with Gasteiger partial charge in [0.1, 0.15) is 5.82 Å². The van der Waals surface area contributed by atoms with Gasteiger partial charge in [-0.05, 0) is 19.2 Å². The van der Waals surface area contributed by atoms with E-state index in [4.69, 9.17) is 17.3 Å². The summed E-state index contributed by atoms with van der Waals surface area (Å²) < 4.78 is 0. The number of nitrogens with zero attached hydrogens (tertiary/aromatic N) is 3. The molecule has 0 spiro atoms. The predicted molar refractivity (Wildman–Crippen MR) is 66.8 cm³/mol. The Hall–Kier alpha value is -0.840. The fraction of sp³-hybridized carbons (Fsp3) is 0.545. The quantitative estimate of drug-likeness (QED) is 0.836. The van der Waals surface area contributed by atoms with Crippen LogP contribution in [0.3, 0.4) is 0 Å². The van der Waals surface area contributed by atoms with Crippen LogP contribution >= 0.6 is 11.6 Å². The fourth-order valence-electron chi connectivity index (χ4n) is 1.83. The van der Waals surface area contributed by atoms with Crippen molar-refractivity contribution in [2.45, 2.75) is 6.54 Å². The van der Waals surface area contributed by atoms with Crippen molar-refractivity contribution in [1.29, 1.82) is 0 Å². The Labute approximate surface area is 101 Å². The monoisotopic (exact) mass is 240 g/mol. The molecule has 0 aliphatic carbocycles. The van der Waals surface area contributed by atoms with Crippen molar-refractivity contribution in [3.8, 4) is 0 Å². The molecule has 1 aromatic rings. The number of rotatable bonds is 2. The standard InChI is InChI=1S/C11H17ClN4/c1-15-4-6-16(7-5-15)11-3-2-9(12)10(8-13)14-11/h2-3H,4-8,13H2,1H3. The van der Waals surface area contributed by atoms with Crippen LogP contribution in [0.15, 0.2) is 12.1 Å². The van der Waals surface area contributed by atoms with Gasteiger partial charge in [0, 0.05) is 32.7 Å². The first-order chi connectivity index (χ1) is 7.70. The van der Waals surface area contributed by atoms with E-state index in [0.29, 0.717) is 11.6 Å². The molecule has 0 aromatic carbocycles. The third-order valence-electron chi connectivity index (χ3n) is 2.92. The van der Waals surface area contributed by atoms with E-state index in [1.165, 1.54) is 0 Å². The number of likely N-dealkylation sites (N-methyl/N-ethyl adjacent to an activating group) is 1. The van der Waals surface area contributed by atoms with E-state index in [9.17, 15) is 0 Å². The molecule has 16 heavy (non-hydrogen) atoms. The fourth-order valence-corrected chi connectivity index (χ4v) is 2.01. The van der Waals surface area contributed by atoms with E-state index in [0.717, 1.165) is 37.7 Å². The molecule has 0 atom stereocenters. The molecule has 1 aliphatic heterocycles. The largest absolute Gasteiger partial charge is 0.354 e. The predicted octanol–water partition coefficient (Wildman–Crippen LogP) is 0.946. The minimum Gasteiger partial charge on any atom is -0.354 e. The summed E-state index contributed by atoms with van der Waals surface area (Å²) in [6, 6.07) is 3.84. The molecule has 0 radical (unpaired) electrons. The topological polar surface area (TPSA) is 45.4 Å². The van der Waals surface area contributed by atoms with Crippen LogP contribution < -0.4 is 10.6 Å². The van der Waals surface area contributed by atoms with Crippen LogP contribution in [0.2, 0.25) is 5.02 Å². The van der Waals surface area contributed by atoms with Crippen LogP contribution in [0, 0.1) is 0 Å². The van der Waals surface area contributed by atoms with Crippen LogP contribution in [0.5, 0.6) is 0 Å². The number of anilines is 1. The van der Waals surface area contributed by atoms with Crippen molar-refractivity contribution in [1.82, 2.24) is 9.88 Å². The van der Waals surface area contributed by atoms with Crippen molar-refractivity contribution in [2.24, 2.45) is 5.73 Å². The van der Waals surface area contributed by atoms with Gasteiger partial charge in [-0.25, -0.2) is 4.98 Å². The van der Waals surface area contributed by atoms with E-state index in [2.05, 4.69) is 21.8 Å². The highest BCUT2D eigenvalue weighted by Gasteiger charge is 2.15. The number of pyridine rings is 1. The van der Waals surface area contributed by atoms with Crippen molar-refractivity contribution in [3.63, 3.8) is 0 Å². The van der Waals surface area contributed by atoms with Crippen LogP contribution in [-0.2, 0) is 6.54 Å². The third kappa shape index (κ3) is 2.45. The Balaban J connectivity index is 2.14. The van der Waals surface area contributed by atoms with Gasteiger partial charge in [0.2, 0.25) is 0 Å². The average Bonchev–Trinajstić information content (AvgIpc) is 2.31. The summed E-state index contributed by atoms with van der Waals surface area (Å²) in [5.41, 5.74) is 6.37. The molecule has 0 saturated carbocycles. The number of halogens is 1. The Kier molecular flexibility index (Phi) is 3.63. The third-order valence-corrected chi connectivity index (χ3v) is 3.27. The van der Waals surface area contributed by atoms with Gasteiger partial charge in [-0.2, -0.15) is 0 Å². The highest BCUT2D eigenvalue weighted by Crippen LogP contribution is 2.19. The van der Waals surface area contributed by atoms with Gasteiger partial charge in [0.05, 0.1) is 10.7 Å². The lowest BCUT2D eigenvalue weighted by atomic mass is 10.3. The lowest BCUT2D eigenvalue weighted by Crippen LogP contribution is -2.44. The van der Waals surface area contributed by atoms with Gasteiger partial charge >= 0.3 is 0 Å². The summed E-state index contributed by atoms with van der Waals surface area (Å²) in [6.45, 7) is 4.55. The lowest BCUT2D eigenvalue weighted by molar-refractivity contribution is 0.312. The summed E-state index contributed by atoms with van der Waals surface area (Å²) in [5.74, 6) is 0.984. The van der Waals surface area contributed by atoms with Gasteiger partial charge in [-0.1, -0.05) is 11.6 Å². The molecule has 5 heteroatoms. The number of hydrogen-bond acceptors (Lipinski definition) is 4. The number of piperazine rings is 1. The van der Waals surface area contributed by atoms with Gasteiger partial charge in [0.15, 0.2) is 0 Å². The van der Waals surface area contributed by atoms with Crippen LogP contribution in [-0.4, -0.2) is 43.1 Å². The minimum atomic E-state index is 0.389. The summed E-state index contributed by atoms with van der Waals surface area (Å²) in [5, 5.41) is 0.653. The molecular weight excluding hydrogens is 224 g/mol. The highest BCUT2D eigenvalue weighted by molar-refractivity contribution is 6.31. The number of nitrogens with two attached hydrogens (primary N) is 1. The average molecular weight is 241 g/mol. The van der Waals surface area contributed by atoms with Gasteiger partial charge < -0.3 is 15.5 Å². The highest BCUT2D eigenvalue weighted by atomic mass is 35.5. The van der Waals surface area contributed by atoms with Crippen molar-refractivity contribution in [3.05, 3.63) is 22.8 Å². The normalized spacial score (nSPS) is 17.8. The number of aromatic nitrogens is 1. The Bertz CT molecular complexity index is 361. The summed E-state index contributed by atoms with van der Waals surface area (Å²) in [7, 11) is 2.14. The molecule has 1 fully saturated rings. The molecule has 2 N–H and O–H groups in total. The van der Waals surface area contributed by atoms with Crippen LogP contribution in [0.1, 0.15) is 5.69 Å². The SMILES string of the molecule is CN1CCN(c2ccc(Cl)c(CN)n2)CC1. The first kappa shape index (κ1) is 11.6. The Morgan fingerprint density at radius 1 is 1.31 bits per heavy atom. The second kappa shape index (κ2) is 4.99. The summed E-state index contributed by atoms with van der Waals surface area (Å²) >= 11 is 5.99.